The molecule has 0 bridgehead atoms. The molecule has 0 amide bonds. The van der Waals surface area contributed by atoms with Crippen LogP contribution in [0.4, 0.5) is 0 Å². The van der Waals surface area contributed by atoms with Crippen LogP contribution >= 0.6 is 0 Å². The number of aromatic nitrogens is 2. The Morgan fingerprint density at radius 3 is 2.42 bits per heavy atom. The third-order valence-electron chi connectivity index (χ3n) is 13.7. The summed E-state index contributed by atoms with van der Waals surface area (Å²) >= 11 is 0. The molecular formula is C53H44N2. The van der Waals surface area contributed by atoms with E-state index < -0.39 is 0 Å². The van der Waals surface area contributed by atoms with Gasteiger partial charge in [0.2, 0.25) is 0 Å². The molecule has 0 aliphatic heterocycles. The first-order valence-electron chi connectivity index (χ1n) is 20.5. The number of nitrogens with zero attached hydrogens (tertiary/aromatic N) is 2. The van der Waals surface area contributed by atoms with Crippen molar-refractivity contribution in [2.24, 2.45) is 5.92 Å². The van der Waals surface area contributed by atoms with Gasteiger partial charge in [0.15, 0.2) is 0 Å². The summed E-state index contributed by atoms with van der Waals surface area (Å²) in [4.78, 5) is 0. The van der Waals surface area contributed by atoms with Crippen LogP contribution < -0.4 is 0 Å². The molecule has 0 saturated heterocycles. The van der Waals surface area contributed by atoms with E-state index in [9.17, 15) is 0 Å². The van der Waals surface area contributed by atoms with Crippen LogP contribution in [0.15, 0.2) is 174 Å². The van der Waals surface area contributed by atoms with Gasteiger partial charge in [0.25, 0.3) is 0 Å². The normalized spacial score (nSPS) is 22.8. The molecule has 5 aromatic carbocycles. The second-order valence-corrected chi connectivity index (χ2v) is 16.5. The van der Waals surface area contributed by atoms with Crippen LogP contribution in [0, 0.1) is 5.92 Å². The molecule has 1 saturated carbocycles. The van der Waals surface area contributed by atoms with Crippen molar-refractivity contribution in [2.75, 3.05) is 0 Å². The van der Waals surface area contributed by atoms with Crippen LogP contribution in [0.25, 0.3) is 55.6 Å². The summed E-state index contributed by atoms with van der Waals surface area (Å²) in [6.45, 7) is 0. The van der Waals surface area contributed by atoms with E-state index in [-0.39, 0.29) is 5.41 Å². The Hall–Kier alpha value is -5.86. The van der Waals surface area contributed by atoms with Crippen LogP contribution in [0.2, 0.25) is 0 Å². The van der Waals surface area contributed by atoms with Crippen molar-refractivity contribution in [3.05, 3.63) is 191 Å². The Morgan fingerprint density at radius 1 is 0.709 bits per heavy atom. The number of allylic oxidation sites excluding steroid dienone is 9. The summed E-state index contributed by atoms with van der Waals surface area (Å²) in [6, 6.07) is 46.0. The average molecular weight is 709 g/mol. The quantitative estimate of drug-likeness (QED) is 0.158. The van der Waals surface area contributed by atoms with Crippen molar-refractivity contribution in [1.82, 2.24) is 9.13 Å². The van der Waals surface area contributed by atoms with E-state index in [0.29, 0.717) is 12.0 Å². The predicted molar refractivity (Wildman–Crippen MR) is 230 cm³/mol. The van der Waals surface area contributed by atoms with E-state index in [1.807, 2.05) is 0 Å². The highest BCUT2D eigenvalue weighted by atomic mass is 15.0. The molecule has 1 unspecified atom stereocenters. The Labute approximate surface area is 323 Å². The van der Waals surface area contributed by atoms with Gasteiger partial charge in [-0.2, -0.15) is 0 Å². The van der Waals surface area contributed by atoms with Crippen molar-refractivity contribution < 1.29 is 0 Å². The van der Waals surface area contributed by atoms with Crippen LogP contribution in [-0.4, -0.2) is 9.13 Å². The van der Waals surface area contributed by atoms with Crippen LogP contribution in [0.5, 0.6) is 0 Å². The molecule has 12 rings (SSSR count). The van der Waals surface area contributed by atoms with E-state index >= 15 is 0 Å². The monoisotopic (exact) mass is 708 g/mol. The minimum Gasteiger partial charge on any atom is -0.337 e. The largest absolute Gasteiger partial charge is 0.337 e. The van der Waals surface area contributed by atoms with E-state index in [2.05, 4.69) is 167 Å². The average Bonchev–Trinajstić information content (AvgIpc) is 3.67. The van der Waals surface area contributed by atoms with Gasteiger partial charge in [0, 0.05) is 56.4 Å². The fraction of sp³-hybridized carbons (Fsp3) is 0.208. The number of hydrogen-bond acceptors (Lipinski definition) is 0. The van der Waals surface area contributed by atoms with Crippen LogP contribution in [-0.2, 0) is 11.8 Å². The lowest BCUT2D eigenvalue weighted by Gasteiger charge is -2.41. The van der Waals surface area contributed by atoms with Crippen molar-refractivity contribution in [3.63, 3.8) is 0 Å². The van der Waals surface area contributed by atoms with E-state index in [1.165, 1.54) is 92.0 Å². The molecule has 2 heterocycles. The topological polar surface area (TPSA) is 9.86 Å². The first-order chi connectivity index (χ1) is 27.3. The third-order valence-corrected chi connectivity index (χ3v) is 13.7. The lowest BCUT2D eigenvalue weighted by Crippen LogP contribution is -2.35. The van der Waals surface area contributed by atoms with Crippen LogP contribution in [0.3, 0.4) is 0 Å². The fourth-order valence-electron chi connectivity index (χ4n) is 11.4. The maximum atomic E-state index is 2.77. The second kappa shape index (κ2) is 12.1. The lowest BCUT2D eigenvalue weighted by molar-refractivity contribution is 0.487. The number of para-hydroxylation sites is 3. The van der Waals surface area contributed by atoms with Crippen LogP contribution in [0.1, 0.15) is 67.8 Å². The van der Waals surface area contributed by atoms with E-state index in [0.717, 1.165) is 25.7 Å². The lowest BCUT2D eigenvalue weighted by atomic mass is 9.62. The Bertz CT molecular complexity index is 2870. The summed E-state index contributed by atoms with van der Waals surface area (Å²) in [6.07, 6.45) is 24.2. The zero-order valence-electron chi connectivity index (χ0n) is 31.2. The minimum atomic E-state index is -0.0807. The molecule has 1 fully saturated rings. The van der Waals surface area contributed by atoms with Gasteiger partial charge in [-0.25, -0.2) is 0 Å². The highest BCUT2D eigenvalue weighted by Gasteiger charge is 2.56. The second-order valence-electron chi connectivity index (χ2n) is 16.5. The van der Waals surface area contributed by atoms with Gasteiger partial charge in [-0.1, -0.05) is 145 Å². The molecule has 0 spiro atoms. The van der Waals surface area contributed by atoms with Crippen molar-refractivity contribution >= 4 is 38.8 Å². The van der Waals surface area contributed by atoms with Gasteiger partial charge in [0.05, 0.1) is 22.6 Å². The molecule has 0 N–H and O–H groups in total. The molecule has 5 aliphatic rings. The molecule has 0 radical (unpaired) electrons. The van der Waals surface area contributed by atoms with Crippen molar-refractivity contribution in [3.8, 4) is 16.8 Å². The Balaban J connectivity index is 1.09. The van der Waals surface area contributed by atoms with Gasteiger partial charge in [0.1, 0.15) is 0 Å². The Kier molecular flexibility index (Phi) is 6.91. The molecule has 2 heteroatoms. The first-order valence-corrected chi connectivity index (χ1v) is 20.5. The summed E-state index contributed by atoms with van der Waals surface area (Å²) in [5.74, 6) is 0.557. The van der Waals surface area contributed by atoms with Crippen molar-refractivity contribution in [2.45, 2.75) is 62.8 Å². The number of fused-ring (bicyclic) bond motifs is 7. The number of rotatable bonds is 5. The zero-order chi connectivity index (χ0) is 36.1. The third kappa shape index (κ3) is 4.55. The molecule has 5 aliphatic carbocycles. The van der Waals surface area contributed by atoms with E-state index in [1.54, 1.807) is 22.3 Å². The Morgan fingerprint density at radius 2 is 1.55 bits per heavy atom. The summed E-state index contributed by atoms with van der Waals surface area (Å²) in [5.41, 5.74) is 18.5. The summed E-state index contributed by atoms with van der Waals surface area (Å²) < 4.78 is 5.25. The first kappa shape index (κ1) is 31.5. The molecular weight excluding hydrogens is 665 g/mol. The number of benzene rings is 5. The maximum Gasteiger partial charge on any atom is 0.0619 e. The van der Waals surface area contributed by atoms with Gasteiger partial charge in [-0.3, -0.25) is 0 Å². The molecule has 266 valence electrons. The molecule has 2 aromatic heterocycles. The fourth-order valence-corrected chi connectivity index (χ4v) is 11.4. The van der Waals surface area contributed by atoms with Gasteiger partial charge in [-0.15, -0.1) is 0 Å². The standard InChI is InChI=1S/C53H44N2/c1-4-16-38(17-5-1)53(47-25-12-10-15-35(47)27-28-37-31-48(37)53)39-33-46-44-30-29-36(32-50(44)54(51(46)34-39)40-18-6-2-7-19-40)42-23-14-24-45-43-22-11-13-26-49(43)55(52(42)45)41-20-8-3-9-21-41/h1,3-6,8-11,13-18,20-24,26,28-30,32-33,40,48H,2,7,12,19,25,27,31,34H2/t40-,48-,53?/m0/s1. The zero-order valence-corrected chi connectivity index (χ0v) is 31.2. The summed E-state index contributed by atoms with van der Waals surface area (Å²) in [5, 5.41) is 3.99. The van der Waals surface area contributed by atoms with Gasteiger partial charge in [-0.05, 0) is 91.5 Å². The molecule has 3 atom stereocenters. The highest BCUT2D eigenvalue weighted by molar-refractivity contribution is 6.14. The van der Waals surface area contributed by atoms with Crippen molar-refractivity contribution in [1.29, 1.82) is 0 Å². The smallest absolute Gasteiger partial charge is 0.0619 e. The maximum absolute atomic E-state index is 2.77. The predicted octanol–water partition coefficient (Wildman–Crippen LogP) is 13.6. The van der Waals surface area contributed by atoms with E-state index in [4.69, 9.17) is 0 Å². The SMILES string of the molecule is C1=C[C@H](n2c3c(c4ccc(-c5cccc6c7ccccc7n(-c7ccccc7)c56)cc42)C=C(C2(c4ccccc4)C4=C(C=CCC4)CC=C4C[C@@H]42)C3)CCC1. The van der Waals surface area contributed by atoms with Gasteiger partial charge < -0.3 is 9.13 Å². The number of hydrogen-bond donors (Lipinski definition) is 0. The molecule has 7 aromatic rings. The van der Waals surface area contributed by atoms with Gasteiger partial charge >= 0.3 is 0 Å². The minimum absolute atomic E-state index is 0.0807. The molecule has 55 heavy (non-hydrogen) atoms. The molecule has 2 nitrogen and oxygen atoms in total. The summed E-state index contributed by atoms with van der Waals surface area (Å²) in [7, 11) is 0. The highest BCUT2D eigenvalue weighted by Crippen LogP contribution is 2.64.